The van der Waals surface area contributed by atoms with E-state index >= 15 is 0 Å². The van der Waals surface area contributed by atoms with Gasteiger partial charge >= 0.3 is 39.5 Å². The number of ether oxygens (including phenoxy) is 4. The maximum absolute atomic E-state index is 13.1. The van der Waals surface area contributed by atoms with Gasteiger partial charge in [0.2, 0.25) is 0 Å². The lowest BCUT2D eigenvalue weighted by Gasteiger charge is -2.21. The monoisotopic (exact) mass is 1510 g/mol. The molecule has 0 aliphatic carbocycles. The van der Waals surface area contributed by atoms with Gasteiger partial charge in [-0.3, -0.25) is 37.3 Å². The lowest BCUT2D eigenvalue weighted by atomic mass is 9.99. The molecule has 0 bridgehead atoms. The Balaban J connectivity index is 5.10. The van der Waals surface area contributed by atoms with Gasteiger partial charge in [0.1, 0.15) is 19.3 Å². The van der Waals surface area contributed by atoms with E-state index in [-0.39, 0.29) is 25.7 Å². The molecule has 0 spiro atoms. The van der Waals surface area contributed by atoms with Crippen LogP contribution in [0.5, 0.6) is 0 Å². The molecule has 7 atom stereocenters. The molecule has 4 unspecified atom stereocenters. The summed E-state index contributed by atoms with van der Waals surface area (Å²) in [6.45, 7) is 9.70. The van der Waals surface area contributed by atoms with Gasteiger partial charge in [-0.05, 0) is 37.5 Å². The van der Waals surface area contributed by atoms with E-state index in [1.54, 1.807) is 0 Å². The molecule has 0 amide bonds. The third kappa shape index (κ3) is 75.3. The number of carbonyl (C=O) groups excluding carboxylic acids is 4. The third-order valence-electron chi connectivity index (χ3n) is 20.4. The van der Waals surface area contributed by atoms with Crippen molar-refractivity contribution in [1.82, 2.24) is 0 Å². The second kappa shape index (κ2) is 75.5. The number of aliphatic hydroxyl groups excluding tert-OH is 1. The molecular weight excluding hydrogens is 1340 g/mol. The summed E-state index contributed by atoms with van der Waals surface area (Å²) in [7, 11) is -9.91. The average Bonchev–Trinajstić information content (AvgIpc) is 0.918. The molecule has 0 aromatic carbocycles. The van der Waals surface area contributed by atoms with Crippen molar-refractivity contribution >= 4 is 39.5 Å². The highest BCUT2D eigenvalue weighted by Gasteiger charge is 2.30. The summed E-state index contributed by atoms with van der Waals surface area (Å²) < 4.78 is 68.5. The van der Waals surface area contributed by atoms with Crippen LogP contribution in [0.1, 0.15) is 446 Å². The van der Waals surface area contributed by atoms with Crippen LogP contribution in [0.3, 0.4) is 0 Å². The highest BCUT2D eigenvalue weighted by atomic mass is 31.2. The molecule has 0 fully saturated rings. The molecule has 3 N–H and O–H groups in total. The van der Waals surface area contributed by atoms with Crippen molar-refractivity contribution in [3.63, 3.8) is 0 Å². The van der Waals surface area contributed by atoms with Crippen molar-refractivity contribution in [3.05, 3.63) is 0 Å². The summed E-state index contributed by atoms with van der Waals surface area (Å²) >= 11 is 0. The Morgan fingerprint density at radius 2 is 0.466 bits per heavy atom. The van der Waals surface area contributed by atoms with Crippen LogP contribution in [0.2, 0.25) is 0 Å². The first kappa shape index (κ1) is 101. The topological polar surface area (TPSA) is 237 Å². The second-order valence-corrected chi connectivity index (χ2v) is 33.6. The minimum absolute atomic E-state index is 0.107. The third-order valence-corrected chi connectivity index (χ3v) is 22.3. The number of hydrogen-bond acceptors (Lipinski definition) is 15. The van der Waals surface area contributed by atoms with E-state index in [1.807, 2.05) is 0 Å². The Kier molecular flexibility index (Phi) is 74.1. The molecule has 0 saturated carbocycles. The molecule has 0 aliphatic rings. The molecule has 612 valence electrons. The van der Waals surface area contributed by atoms with Gasteiger partial charge in [0, 0.05) is 25.7 Å². The molecule has 0 aliphatic heterocycles. The lowest BCUT2D eigenvalue weighted by Crippen LogP contribution is -2.30. The van der Waals surface area contributed by atoms with Gasteiger partial charge in [0.05, 0.1) is 26.4 Å². The number of aliphatic hydroxyl groups is 1. The minimum atomic E-state index is -4.96. The number of phosphoric ester groups is 2. The predicted molar refractivity (Wildman–Crippen MR) is 423 cm³/mol. The summed E-state index contributed by atoms with van der Waals surface area (Å²) in [6.07, 6.45) is 67.1. The SMILES string of the molecule is CCCCCCCCCCCCCCCCC(=O)O[C@H](COC(=O)CCCCCCC)COP(=O)(O)OC[C@H](O)COP(=O)(O)OC[C@@H](COC(=O)CCCCCCCCCCCCCCCCCCCCC(C)CC)OC(=O)CCCCCCCCCCCCCCCCCCCCC(C)CC. The van der Waals surface area contributed by atoms with E-state index in [0.717, 1.165) is 108 Å². The maximum Gasteiger partial charge on any atom is 0.472 e. The molecular formula is C84H164O17P2. The molecule has 0 aromatic heterocycles. The molecule has 17 nitrogen and oxygen atoms in total. The van der Waals surface area contributed by atoms with Gasteiger partial charge in [-0.2, -0.15) is 0 Å². The fourth-order valence-corrected chi connectivity index (χ4v) is 14.6. The van der Waals surface area contributed by atoms with Gasteiger partial charge in [-0.25, -0.2) is 9.13 Å². The maximum atomic E-state index is 13.1. The fraction of sp³-hybridized carbons (Fsp3) is 0.952. The first-order valence-corrected chi connectivity index (χ1v) is 46.6. The zero-order chi connectivity index (χ0) is 75.6. The molecule has 0 aromatic rings. The van der Waals surface area contributed by atoms with E-state index in [1.165, 1.54) is 257 Å². The van der Waals surface area contributed by atoms with E-state index in [2.05, 4.69) is 41.5 Å². The van der Waals surface area contributed by atoms with Crippen molar-refractivity contribution in [2.45, 2.75) is 464 Å². The quantitative estimate of drug-likeness (QED) is 0.0222. The Morgan fingerprint density at radius 1 is 0.272 bits per heavy atom. The Labute approximate surface area is 632 Å². The fourth-order valence-electron chi connectivity index (χ4n) is 13.0. The zero-order valence-electron chi connectivity index (χ0n) is 67.6. The van der Waals surface area contributed by atoms with Crippen molar-refractivity contribution in [2.75, 3.05) is 39.6 Å². The van der Waals surface area contributed by atoms with Crippen LogP contribution in [0.4, 0.5) is 0 Å². The largest absolute Gasteiger partial charge is 0.472 e. The minimum Gasteiger partial charge on any atom is -0.462 e. The van der Waals surface area contributed by atoms with Crippen LogP contribution in [0.25, 0.3) is 0 Å². The number of carbonyl (C=O) groups is 4. The smallest absolute Gasteiger partial charge is 0.462 e. The van der Waals surface area contributed by atoms with Gasteiger partial charge in [-0.15, -0.1) is 0 Å². The number of rotatable bonds is 83. The Morgan fingerprint density at radius 3 is 0.689 bits per heavy atom. The van der Waals surface area contributed by atoms with Crippen LogP contribution < -0.4 is 0 Å². The van der Waals surface area contributed by atoms with E-state index in [9.17, 15) is 43.2 Å². The van der Waals surface area contributed by atoms with Crippen LogP contribution in [0.15, 0.2) is 0 Å². The van der Waals surface area contributed by atoms with Crippen molar-refractivity contribution in [3.8, 4) is 0 Å². The van der Waals surface area contributed by atoms with Gasteiger partial charge in [0.25, 0.3) is 0 Å². The molecule has 0 saturated heterocycles. The highest BCUT2D eigenvalue weighted by molar-refractivity contribution is 7.47. The molecule has 0 radical (unpaired) electrons. The Bertz CT molecular complexity index is 1980. The first-order chi connectivity index (χ1) is 49.9. The van der Waals surface area contributed by atoms with Crippen LogP contribution in [-0.2, 0) is 65.4 Å². The molecule has 103 heavy (non-hydrogen) atoms. The summed E-state index contributed by atoms with van der Waals surface area (Å²) in [6, 6.07) is 0. The lowest BCUT2D eigenvalue weighted by molar-refractivity contribution is -0.161. The predicted octanol–water partition coefficient (Wildman–Crippen LogP) is 25.5. The molecule has 19 heteroatoms. The van der Waals surface area contributed by atoms with E-state index < -0.39 is 97.5 Å². The van der Waals surface area contributed by atoms with Crippen molar-refractivity contribution in [1.29, 1.82) is 0 Å². The second-order valence-electron chi connectivity index (χ2n) is 30.7. The summed E-state index contributed by atoms with van der Waals surface area (Å²) in [5, 5.41) is 10.6. The number of hydrogen-bond donors (Lipinski definition) is 3. The normalized spacial score (nSPS) is 14.4. The van der Waals surface area contributed by atoms with Crippen molar-refractivity contribution < 1.29 is 80.2 Å². The number of phosphoric acid groups is 2. The van der Waals surface area contributed by atoms with Crippen molar-refractivity contribution in [2.24, 2.45) is 11.8 Å². The summed E-state index contributed by atoms with van der Waals surface area (Å²) in [4.78, 5) is 72.8. The van der Waals surface area contributed by atoms with Crippen LogP contribution in [0, 0.1) is 11.8 Å². The summed E-state index contributed by atoms with van der Waals surface area (Å²) in [5.41, 5.74) is 0. The van der Waals surface area contributed by atoms with E-state index in [4.69, 9.17) is 37.0 Å². The average molecular weight is 1510 g/mol. The first-order valence-electron chi connectivity index (χ1n) is 43.6. The van der Waals surface area contributed by atoms with Gasteiger partial charge in [-0.1, -0.05) is 395 Å². The standard InChI is InChI=1S/C84H164O17P2/c1-7-11-13-15-16-17-18-19-34-40-45-50-56-62-68-83(88)100-79(72-94-81(86)66-60-52-14-12-8-2)74-98-102(90,91)96-70-78(85)71-97-103(92,93)99-75-80(101-84(89)69-63-57-51-46-41-36-31-27-23-21-25-29-33-38-43-48-54-59-65-77(6)10-4)73-95-82(87)67-61-55-49-44-39-35-30-26-22-20-24-28-32-37-42-47-53-58-64-76(5)9-3/h76-80,85H,7-75H2,1-6H3,(H,90,91)(H,92,93)/t76?,77?,78-,79+,80+/m0/s1. The highest BCUT2D eigenvalue weighted by Crippen LogP contribution is 2.45. The Hall–Kier alpha value is -1.94. The van der Waals surface area contributed by atoms with Crippen LogP contribution >= 0.6 is 15.6 Å². The van der Waals surface area contributed by atoms with Gasteiger partial charge < -0.3 is 33.8 Å². The molecule has 0 heterocycles. The van der Waals surface area contributed by atoms with Gasteiger partial charge in [0.15, 0.2) is 12.2 Å². The van der Waals surface area contributed by atoms with Crippen LogP contribution in [-0.4, -0.2) is 96.7 Å². The number of esters is 4. The molecule has 0 rings (SSSR count). The number of unbranched alkanes of at least 4 members (excludes halogenated alkanes) is 51. The zero-order valence-corrected chi connectivity index (χ0v) is 69.4. The summed E-state index contributed by atoms with van der Waals surface area (Å²) in [5.74, 6) is -0.372. The van der Waals surface area contributed by atoms with E-state index in [0.29, 0.717) is 25.7 Å².